The van der Waals surface area contributed by atoms with E-state index in [4.69, 9.17) is 11.6 Å². The average molecular weight is 403 g/mol. The molecule has 0 radical (unpaired) electrons. The SMILES string of the molecule is CC(C)[C@H]1Cn2nnc(C(=O)N3CCN(c4cccc(Cl)c4)CC3)c2C(=O)N1. The van der Waals surface area contributed by atoms with E-state index in [1.54, 1.807) is 9.58 Å². The number of nitrogens with one attached hydrogen (secondary N) is 1. The molecule has 148 valence electrons. The highest BCUT2D eigenvalue weighted by Crippen LogP contribution is 2.22. The zero-order chi connectivity index (χ0) is 19.8. The lowest BCUT2D eigenvalue weighted by Gasteiger charge is -2.36. The number of carbonyl (C=O) groups excluding carboxylic acids is 2. The van der Waals surface area contributed by atoms with Gasteiger partial charge in [0, 0.05) is 36.9 Å². The summed E-state index contributed by atoms with van der Waals surface area (Å²) in [4.78, 5) is 29.4. The first-order valence-corrected chi connectivity index (χ1v) is 9.86. The average Bonchev–Trinajstić information content (AvgIpc) is 3.12. The molecule has 1 atom stereocenters. The summed E-state index contributed by atoms with van der Waals surface area (Å²) in [6.07, 6.45) is 0. The van der Waals surface area contributed by atoms with Gasteiger partial charge in [-0.3, -0.25) is 9.59 Å². The molecule has 2 aromatic rings. The van der Waals surface area contributed by atoms with Crippen LogP contribution in [-0.4, -0.2) is 63.9 Å². The van der Waals surface area contributed by atoms with Crippen molar-refractivity contribution in [2.75, 3.05) is 31.1 Å². The molecule has 2 amide bonds. The fraction of sp³-hybridized carbons (Fsp3) is 0.474. The van der Waals surface area contributed by atoms with Crippen molar-refractivity contribution in [2.24, 2.45) is 5.92 Å². The van der Waals surface area contributed by atoms with E-state index in [1.165, 1.54) is 0 Å². The summed E-state index contributed by atoms with van der Waals surface area (Å²) < 4.78 is 1.55. The summed E-state index contributed by atoms with van der Waals surface area (Å²) in [6, 6.07) is 7.68. The molecule has 28 heavy (non-hydrogen) atoms. The molecule has 0 aliphatic carbocycles. The van der Waals surface area contributed by atoms with Gasteiger partial charge in [-0.1, -0.05) is 36.7 Å². The molecule has 3 heterocycles. The van der Waals surface area contributed by atoms with Crippen LogP contribution in [0.15, 0.2) is 24.3 Å². The number of benzene rings is 1. The van der Waals surface area contributed by atoms with Gasteiger partial charge in [0.05, 0.1) is 12.6 Å². The third-order valence-corrected chi connectivity index (χ3v) is 5.62. The lowest BCUT2D eigenvalue weighted by atomic mass is 10.0. The molecular formula is C19H23ClN6O2. The zero-order valence-corrected chi connectivity index (χ0v) is 16.7. The van der Waals surface area contributed by atoms with E-state index in [2.05, 4.69) is 20.5 Å². The van der Waals surface area contributed by atoms with Gasteiger partial charge in [0.1, 0.15) is 0 Å². The van der Waals surface area contributed by atoms with Gasteiger partial charge in [-0.15, -0.1) is 5.10 Å². The molecule has 4 rings (SSSR count). The van der Waals surface area contributed by atoms with Crippen LogP contribution in [0, 0.1) is 5.92 Å². The third-order valence-electron chi connectivity index (χ3n) is 5.38. The second kappa shape index (κ2) is 7.43. The van der Waals surface area contributed by atoms with E-state index in [0.717, 1.165) is 5.69 Å². The Morgan fingerprint density at radius 3 is 2.68 bits per heavy atom. The molecule has 8 nitrogen and oxygen atoms in total. The quantitative estimate of drug-likeness (QED) is 0.844. The number of nitrogens with zero attached hydrogens (tertiary/aromatic N) is 5. The number of amides is 2. The van der Waals surface area contributed by atoms with Crippen molar-refractivity contribution < 1.29 is 9.59 Å². The standard InChI is InChI=1S/C19H23ClN6O2/c1-12(2)15-11-26-17(18(27)21-15)16(22-23-26)19(28)25-8-6-24(7-9-25)14-5-3-4-13(20)10-14/h3-5,10,12,15H,6-9,11H2,1-2H3,(H,21,27)/t15-/m1/s1. The zero-order valence-electron chi connectivity index (χ0n) is 15.9. The molecule has 0 spiro atoms. The van der Waals surface area contributed by atoms with Crippen LogP contribution in [0.2, 0.25) is 5.02 Å². The molecule has 2 aliphatic rings. The molecular weight excluding hydrogens is 380 g/mol. The number of rotatable bonds is 3. The highest BCUT2D eigenvalue weighted by Gasteiger charge is 2.35. The van der Waals surface area contributed by atoms with Crippen LogP contribution in [0.25, 0.3) is 0 Å². The van der Waals surface area contributed by atoms with Gasteiger partial charge in [0.2, 0.25) is 0 Å². The number of aromatic nitrogens is 3. The van der Waals surface area contributed by atoms with Gasteiger partial charge < -0.3 is 15.1 Å². The lowest BCUT2D eigenvalue weighted by molar-refractivity contribution is 0.0730. The minimum absolute atomic E-state index is 0.00843. The van der Waals surface area contributed by atoms with Gasteiger partial charge in [0.25, 0.3) is 11.8 Å². The normalized spacial score (nSPS) is 19.6. The maximum atomic E-state index is 13.0. The van der Waals surface area contributed by atoms with Crippen LogP contribution in [0.1, 0.15) is 34.8 Å². The molecule has 1 N–H and O–H groups in total. The van der Waals surface area contributed by atoms with E-state index in [0.29, 0.717) is 37.7 Å². The lowest BCUT2D eigenvalue weighted by Crippen LogP contribution is -2.50. The van der Waals surface area contributed by atoms with E-state index in [1.807, 2.05) is 38.1 Å². The van der Waals surface area contributed by atoms with Gasteiger partial charge in [0.15, 0.2) is 11.4 Å². The molecule has 1 saturated heterocycles. The fourth-order valence-corrected chi connectivity index (χ4v) is 3.83. The Kier molecular flexibility index (Phi) is 4.97. The van der Waals surface area contributed by atoms with Crippen molar-refractivity contribution in [1.82, 2.24) is 25.2 Å². The number of piperazine rings is 1. The van der Waals surface area contributed by atoms with Crippen molar-refractivity contribution >= 4 is 29.1 Å². The molecule has 1 aromatic heterocycles. The Morgan fingerprint density at radius 1 is 1.25 bits per heavy atom. The second-order valence-corrected chi connectivity index (χ2v) is 7.99. The third kappa shape index (κ3) is 3.44. The first-order chi connectivity index (χ1) is 13.4. The van der Waals surface area contributed by atoms with E-state index in [9.17, 15) is 9.59 Å². The molecule has 1 fully saturated rings. The molecule has 0 unspecified atom stereocenters. The Balaban J connectivity index is 1.46. The maximum Gasteiger partial charge on any atom is 0.277 e. The van der Waals surface area contributed by atoms with Crippen LogP contribution >= 0.6 is 11.6 Å². The largest absolute Gasteiger partial charge is 0.368 e. The predicted octanol–water partition coefficient (Wildman–Crippen LogP) is 1.66. The van der Waals surface area contributed by atoms with Crippen LogP contribution in [-0.2, 0) is 6.54 Å². The van der Waals surface area contributed by atoms with Gasteiger partial charge in [-0.25, -0.2) is 4.68 Å². The Morgan fingerprint density at radius 2 is 2.00 bits per heavy atom. The number of hydrogen-bond acceptors (Lipinski definition) is 5. The fourth-order valence-electron chi connectivity index (χ4n) is 3.65. The Hall–Kier alpha value is -2.61. The van der Waals surface area contributed by atoms with Crippen molar-refractivity contribution in [1.29, 1.82) is 0 Å². The first kappa shape index (κ1) is 18.7. The molecule has 0 saturated carbocycles. The number of hydrogen-bond donors (Lipinski definition) is 1. The highest BCUT2D eigenvalue weighted by molar-refractivity contribution is 6.30. The predicted molar refractivity (Wildman–Crippen MR) is 106 cm³/mol. The number of halogens is 1. The number of fused-ring (bicyclic) bond motifs is 1. The minimum atomic E-state index is -0.282. The molecule has 2 aliphatic heterocycles. The Labute approximate surface area is 168 Å². The summed E-state index contributed by atoms with van der Waals surface area (Å²) in [6.45, 7) is 7.09. The highest BCUT2D eigenvalue weighted by atomic mass is 35.5. The molecule has 0 bridgehead atoms. The van der Waals surface area contributed by atoms with Crippen molar-refractivity contribution in [3.05, 3.63) is 40.7 Å². The Bertz CT molecular complexity index is 904. The van der Waals surface area contributed by atoms with Crippen LogP contribution in [0.3, 0.4) is 0 Å². The monoisotopic (exact) mass is 402 g/mol. The van der Waals surface area contributed by atoms with Crippen molar-refractivity contribution in [3.63, 3.8) is 0 Å². The summed E-state index contributed by atoms with van der Waals surface area (Å²) in [5.74, 6) is -0.249. The summed E-state index contributed by atoms with van der Waals surface area (Å²) in [5, 5.41) is 11.7. The summed E-state index contributed by atoms with van der Waals surface area (Å²) >= 11 is 6.07. The van der Waals surface area contributed by atoms with Crippen molar-refractivity contribution in [2.45, 2.75) is 26.4 Å². The van der Waals surface area contributed by atoms with Crippen molar-refractivity contribution in [3.8, 4) is 0 Å². The van der Waals surface area contributed by atoms with Gasteiger partial charge >= 0.3 is 0 Å². The molecule has 9 heteroatoms. The van der Waals surface area contributed by atoms with Crippen LogP contribution < -0.4 is 10.2 Å². The van der Waals surface area contributed by atoms with E-state index >= 15 is 0 Å². The maximum absolute atomic E-state index is 13.0. The van der Waals surface area contributed by atoms with E-state index < -0.39 is 0 Å². The summed E-state index contributed by atoms with van der Waals surface area (Å²) in [7, 11) is 0. The van der Waals surface area contributed by atoms with Crippen LogP contribution in [0.5, 0.6) is 0 Å². The van der Waals surface area contributed by atoms with Crippen LogP contribution in [0.4, 0.5) is 5.69 Å². The van der Waals surface area contributed by atoms with Gasteiger partial charge in [-0.05, 0) is 24.1 Å². The second-order valence-electron chi connectivity index (χ2n) is 7.55. The number of carbonyl (C=O) groups is 2. The van der Waals surface area contributed by atoms with Gasteiger partial charge in [-0.2, -0.15) is 0 Å². The minimum Gasteiger partial charge on any atom is -0.368 e. The first-order valence-electron chi connectivity index (χ1n) is 9.48. The topological polar surface area (TPSA) is 83.4 Å². The number of anilines is 1. The van der Waals surface area contributed by atoms with E-state index in [-0.39, 0.29) is 35.2 Å². The molecule has 1 aromatic carbocycles. The smallest absolute Gasteiger partial charge is 0.277 e. The summed E-state index contributed by atoms with van der Waals surface area (Å²) in [5.41, 5.74) is 1.44.